The number of nitrogens with one attached hydrogen (secondary N) is 1. The molecule has 102 valence electrons. The molecule has 0 radical (unpaired) electrons. The summed E-state index contributed by atoms with van der Waals surface area (Å²) in [6.07, 6.45) is 5.13. The lowest BCUT2D eigenvalue weighted by Crippen LogP contribution is -2.42. The van der Waals surface area contributed by atoms with Crippen LogP contribution in [0.15, 0.2) is 23.1 Å². The number of non-ortho nitro benzene ring substituents is 1. The Morgan fingerprint density at radius 1 is 1.47 bits per heavy atom. The van der Waals surface area contributed by atoms with E-state index in [1.165, 1.54) is 13.8 Å². The quantitative estimate of drug-likeness (QED) is 0.515. The molecule has 8 heteroatoms. The molecule has 1 N–H and O–H groups in total. The zero-order valence-electron chi connectivity index (χ0n) is 10.2. The number of nitro groups is 1. The van der Waals surface area contributed by atoms with Gasteiger partial charge in [-0.05, 0) is 19.9 Å². The van der Waals surface area contributed by atoms with Crippen molar-refractivity contribution in [1.29, 1.82) is 0 Å². The van der Waals surface area contributed by atoms with E-state index < -0.39 is 36.9 Å². The molecule has 0 bridgehead atoms. The second-order valence-electron chi connectivity index (χ2n) is 4.25. The van der Waals surface area contributed by atoms with Crippen LogP contribution in [0.2, 0.25) is 0 Å². The molecule has 0 aliphatic rings. The van der Waals surface area contributed by atoms with E-state index in [1.807, 2.05) is 0 Å². The highest BCUT2D eigenvalue weighted by Crippen LogP contribution is 2.21. The van der Waals surface area contributed by atoms with Crippen LogP contribution in [0.1, 0.15) is 13.8 Å². The van der Waals surface area contributed by atoms with Gasteiger partial charge >= 0.3 is 0 Å². The van der Waals surface area contributed by atoms with E-state index in [2.05, 4.69) is 10.6 Å². The molecule has 1 aromatic carbocycles. The van der Waals surface area contributed by atoms with Crippen molar-refractivity contribution in [3.8, 4) is 12.3 Å². The summed E-state index contributed by atoms with van der Waals surface area (Å²) in [5.74, 6) is 0.982. The lowest BCUT2D eigenvalue weighted by Gasteiger charge is -2.19. The minimum atomic E-state index is -4.19. The minimum absolute atomic E-state index is 0.535. The van der Waals surface area contributed by atoms with Crippen molar-refractivity contribution in [1.82, 2.24) is 4.72 Å². The van der Waals surface area contributed by atoms with E-state index in [9.17, 15) is 22.9 Å². The van der Waals surface area contributed by atoms with Crippen LogP contribution in [0, 0.1) is 28.3 Å². The normalized spacial score (nSPS) is 11.9. The third kappa shape index (κ3) is 3.49. The van der Waals surface area contributed by atoms with Crippen LogP contribution in [0.5, 0.6) is 0 Å². The molecule has 1 aromatic rings. The fraction of sp³-hybridized carbons (Fsp3) is 0.273. The van der Waals surface area contributed by atoms with Gasteiger partial charge in [0, 0.05) is 6.07 Å². The Hall–Kier alpha value is -1.98. The molecule has 1 rings (SSSR count). The number of hydrogen-bond acceptors (Lipinski definition) is 4. The van der Waals surface area contributed by atoms with Crippen molar-refractivity contribution in [3.05, 3.63) is 34.1 Å². The number of halogens is 1. The van der Waals surface area contributed by atoms with E-state index in [-0.39, 0.29) is 0 Å². The maximum atomic E-state index is 13.6. The van der Waals surface area contributed by atoms with Gasteiger partial charge in [0.1, 0.15) is 10.7 Å². The third-order valence-corrected chi connectivity index (χ3v) is 3.86. The number of terminal acetylenes is 1. The fourth-order valence-corrected chi connectivity index (χ4v) is 2.65. The van der Waals surface area contributed by atoms with Gasteiger partial charge in [-0.15, -0.1) is 6.42 Å². The maximum absolute atomic E-state index is 13.6. The smallest absolute Gasteiger partial charge is 0.258 e. The monoisotopic (exact) mass is 286 g/mol. The molecule has 0 saturated heterocycles. The zero-order chi connectivity index (χ0) is 14.8. The number of hydrogen-bond donors (Lipinski definition) is 1. The topological polar surface area (TPSA) is 89.3 Å². The lowest BCUT2D eigenvalue weighted by atomic mass is 10.1. The summed E-state index contributed by atoms with van der Waals surface area (Å²) in [6.45, 7) is 2.85. The molecular formula is C11H11FN2O4S. The number of nitrogens with zero attached hydrogens (tertiary/aromatic N) is 1. The highest BCUT2D eigenvalue weighted by atomic mass is 32.2. The Morgan fingerprint density at radius 3 is 2.47 bits per heavy atom. The van der Waals surface area contributed by atoms with Crippen LogP contribution in [0.4, 0.5) is 10.1 Å². The molecule has 0 heterocycles. The average Bonchev–Trinajstić information content (AvgIpc) is 2.27. The molecule has 6 nitrogen and oxygen atoms in total. The lowest BCUT2D eigenvalue weighted by molar-refractivity contribution is -0.385. The summed E-state index contributed by atoms with van der Waals surface area (Å²) >= 11 is 0. The van der Waals surface area contributed by atoms with E-state index in [4.69, 9.17) is 6.42 Å². The van der Waals surface area contributed by atoms with E-state index in [0.717, 1.165) is 12.1 Å². The molecular weight excluding hydrogens is 275 g/mol. The van der Waals surface area contributed by atoms with Crippen molar-refractivity contribution >= 4 is 15.7 Å². The zero-order valence-corrected chi connectivity index (χ0v) is 11.0. The first kappa shape index (κ1) is 15.1. The predicted octanol–water partition coefficient (Wildman–Crippen LogP) is 1.42. The first-order chi connectivity index (χ1) is 8.59. The van der Waals surface area contributed by atoms with Gasteiger partial charge in [0.25, 0.3) is 5.69 Å². The molecule has 0 unspecified atom stereocenters. The average molecular weight is 286 g/mol. The summed E-state index contributed by atoms with van der Waals surface area (Å²) in [4.78, 5) is 8.92. The minimum Gasteiger partial charge on any atom is -0.258 e. The van der Waals surface area contributed by atoms with Gasteiger partial charge < -0.3 is 0 Å². The molecule has 19 heavy (non-hydrogen) atoms. The Kier molecular flexibility index (Phi) is 3.93. The fourth-order valence-electron chi connectivity index (χ4n) is 1.24. The van der Waals surface area contributed by atoms with Crippen LogP contribution in [-0.2, 0) is 10.0 Å². The molecule has 0 saturated carbocycles. The van der Waals surface area contributed by atoms with Crippen molar-refractivity contribution in [2.45, 2.75) is 24.3 Å². The number of benzene rings is 1. The van der Waals surface area contributed by atoms with Gasteiger partial charge in [-0.1, -0.05) is 5.92 Å². The highest BCUT2D eigenvalue weighted by Gasteiger charge is 2.27. The van der Waals surface area contributed by atoms with Crippen LogP contribution in [-0.4, -0.2) is 18.9 Å². The summed E-state index contributed by atoms with van der Waals surface area (Å²) in [5.41, 5.74) is -1.74. The summed E-state index contributed by atoms with van der Waals surface area (Å²) in [6, 6.07) is 2.26. The van der Waals surface area contributed by atoms with E-state index in [1.54, 1.807) is 0 Å². The van der Waals surface area contributed by atoms with E-state index >= 15 is 0 Å². The van der Waals surface area contributed by atoms with Gasteiger partial charge in [0.05, 0.1) is 16.5 Å². The Morgan fingerprint density at radius 2 is 2.05 bits per heavy atom. The second kappa shape index (κ2) is 4.95. The Bertz CT molecular complexity index is 662. The maximum Gasteiger partial charge on any atom is 0.272 e. The first-order valence-corrected chi connectivity index (χ1v) is 6.53. The summed E-state index contributed by atoms with van der Waals surface area (Å²) in [7, 11) is -4.19. The third-order valence-electron chi connectivity index (χ3n) is 2.17. The van der Waals surface area contributed by atoms with Gasteiger partial charge in [-0.2, -0.15) is 4.72 Å². The summed E-state index contributed by atoms with van der Waals surface area (Å²) in [5, 5.41) is 10.4. The van der Waals surface area contributed by atoms with Crippen LogP contribution < -0.4 is 4.72 Å². The van der Waals surface area contributed by atoms with Crippen LogP contribution in [0.3, 0.4) is 0 Å². The predicted molar refractivity (Wildman–Crippen MR) is 66.3 cm³/mol. The van der Waals surface area contributed by atoms with Crippen molar-refractivity contribution < 1.29 is 17.7 Å². The SMILES string of the molecule is C#CC(C)(C)NS(=O)(=O)c1ccc([N+](=O)[O-])cc1F. The molecule has 0 aliphatic heterocycles. The van der Waals surface area contributed by atoms with Gasteiger partial charge in [0.15, 0.2) is 0 Å². The largest absolute Gasteiger partial charge is 0.272 e. The van der Waals surface area contributed by atoms with Crippen LogP contribution in [0.25, 0.3) is 0 Å². The van der Waals surface area contributed by atoms with Gasteiger partial charge in [-0.3, -0.25) is 10.1 Å². The summed E-state index contributed by atoms with van der Waals surface area (Å²) < 4.78 is 39.5. The Balaban J connectivity index is 3.24. The molecule has 0 aliphatic carbocycles. The van der Waals surface area contributed by atoms with Crippen molar-refractivity contribution in [2.75, 3.05) is 0 Å². The molecule has 0 spiro atoms. The number of sulfonamides is 1. The van der Waals surface area contributed by atoms with Gasteiger partial charge in [-0.25, -0.2) is 12.8 Å². The van der Waals surface area contributed by atoms with Crippen molar-refractivity contribution in [3.63, 3.8) is 0 Å². The van der Waals surface area contributed by atoms with Gasteiger partial charge in [0.2, 0.25) is 10.0 Å². The number of rotatable bonds is 4. The highest BCUT2D eigenvalue weighted by molar-refractivity contribution is 7.89. The molecule has 0 fully saturated rings. The first-order valence-electron chi connectivity index (χ1n) is 5.05. The standard InChI is InChI=1S/C11H11FN2O4S/c1-4-11(2,3)13-19(17,18)10-6-5-8(14(15)16)7-9(10)12/h1,5-7,13H,2-3H3. The van der Waals surface area contributed by atoms with Crippen molar-refractivity contribution in [2.24, 2.45) is 0 Å². The molecule has 0 atom stereocenters. The van der Waals surface area contributed by atoms with E-state index in [0.29, 0.717) is 6.07 Å². The van der Waals surface area contributed by atoms with Crippen LogP contribution >= 0.6 is 0 Å². The second-order valence-corrected chi connectivity index (χ2v) is 5.90. The molecule has 0 amide bonds. The molecule has 0 aromatic heterocycles. The number of nitro benzene ring substituents is 1. The Labute approximate surface area is 109 Å².